The second-order valence-corrected chi connectivity index (χ2v) is 14.6. The van der Waals surface area contributed by atoms with Crippen molar-refractivity contribution in [2.45, 2.75) is 75.1 Å². The van der Waals surface area contributed by atoms with Crippen molar-refractivity contribution in [1.29, 1.82) is 0 Å². The number of carbonyl (C=O) groups is 2. The van der Waals surface area contributed by atoms with Crippen LogP contribution < -0.4 is 4.74 Å². The van der Waals surface area contributed by atoms with Gasteiger partial charge in [0.15, 0.2) is 5.78 Å². The molecular formula is C35H49NO9. The monoisotopic (exact) mass is 627 g/mol. The van der Waals surface area contributed by atoms with E-state index >= 15 is 0 Å². The summed E-state index contributed by atoms with van der Waals surface area (Å²) >= 11 is 0. The van der Waals surface area contributed by atoms with Gasteiger partial charge in [-0.15, -0.1) is 0 Å². The van der Waals surface area contributed by atoms with Gasteiger partial charge in [-0.3, -0.25) is 14.5 Å². The van der Waals surface area contributed by atoms with Crippen LogP contribution in [0.25, 0.3) is 0 Å². The number of ether oxygens (including phenoxy) is 6. The van der Waals surface area contributed by atoms with E-state index in [-0.39, 0.29) is 47.2 Å². The number of carbonyl (C=O) groups excluding carboxylic acids is 2. The fourth-order valence-electron chi connectivity index (χ4n) is 12.7. The van der Waals surface area contributed by atoms with Gasteiger partial charge in [0.2, 0.25) is 0 Å². The summed E-state index contributed by atoms with van der Waals surface area (Å²) in [5.74, 6) is -1.66. The van der Waals surface area contributed by atoms with Gasteiger partial charge < -0.3 is 33.5 Å². The van der Waals surface area contributed by atoms with Crippen LogP contribution in [0.1, 0.15) is 49.9 Å². The number of nitrogens with zero attached hydrogens (tertiary/aromatic N) is 1. The van der Waals surface area contributed by atoms with E-state index in [2.05, 4.69) is 11.8 Å². The summed E-state index contributed by atoms with van der Waals surface area (Å²) in [5, 5.41) is 12.9. The second-order valence-electron chi connectivity index (χ2n) is 14.6. The average molecular weight is 628 g/mol. The fourth-order valence-corrected chi connectivity index (χ4v) is 12.7. The Bertz CT molecular complexity index is 1340. The Kier molecular flexibility index (Phi) is 7.51. The van der Waals surface area contributed by atoms with E-state index in [1.807, 2.05) is 0 Å². The number of rotatable bonds is 10. The molecule has 2 unspecified atom stereocenters. The maximum absolute atomic E-state index is 14.8. The van der Waals surface area contributed by atoms with Gasteiger partial charge in [-0.05, 0) is 56.0 Å². The Balaban J connectivity index is 1.52. The molecule has 7 rings (SSSR count). The smallest absolute Gasteiger partial charge is 0.303 e. The highest BCUT2D eigenvalue weighted by molar-refractivity contribution is 5.99. The Labute approximate surface area is 266 Å². The van der Waals surface area contributed by atoms with Crippen molar-refractivity contribution in [1.82, 2.24) is 4.90 Å². The number of esters is 1. The zero-order valence-electron chi connectivity index (χ0n) is 27.6. The normalized spacial score (nSPS) is 47.4. The molecular weight excluding hydrogens is 578 g/mol. The molecule has 10 nitrogen and oxygen atoms in total. The summed E-state index contributed by atoms with van der Waals surface area (Å²) in [6.07, 6.45) is 1.28. The van der Waals surface area contributed by atoms with Crippen LogP contribution in [0, 0.1) is 40.4 Å². The van der Waals surface area contributed by atoms with E-state index in [1.54, 1.807) is 59.8 Å². The molecule has 45 heavy (non-hydrogen) atoms. The van der Waals surface area contributed by atoms with Crippen molar-refractivity contribution in [3.05, 3.63) is 29.8 Å². The molecule has 1 spiro atoms. The van der Waals surface area contributed by atoms with Gasteiger partial charge in [0.1, 0.15) is 17.0 Å². The predicted octanol–water partition coefficient (Wildman–Crippen LogP) is 2.99. The average Bonchev–Trinajstić information content (AvgIpc) is 3.43. The molecule has 5 aliphatic carbocycles. The molecule has 0 radical (unpaired) electrons. The summed E-state index contributed by atoms with van der Waals surface area (Å²) in [6.45, 7) is 5.86. The minimum Gasteiger partial charge on any atom is -0.497 e. The van der Waals surface area contributed by atoms with Crippen molar-refractivity contribution >= 4 is 11.8 Å². The molecule has 1 heterocycles. The van der Waals surface area contributed by atoms with Gasteiger partial charge in [0, 0.05) is 88.5 Å². The van der Waals surface area contributed by atoms with E-state index in [9.17, 15) is 14.7 Å². The van der Waals surface area contributed by atoms with Crippen LogP contribution in [0.5, 0.6) is 5.75 Å². The highest BCUT2D eigenvalue weighted by atomic mass is 16.6. The van der Waals surface area contributed by atoms with E-state index in [1.165, 1.54) is 6.92 Å². The number of methoxy groups -OCH3 is 5. The number of piperidine rings is 1. The minimum absolute atomic E-state index is 0.0227. The van der Waals surface area contributed by atoms with Crippen molar-refractivity contribution in [3.8, 4) is 5.75 Å². The number of fused-ring (bicyclic) bond motifs is 2. The fraction of sp³-hybridized carbons (Fsp3) is 0.771. The summed E-state index contributed by atoms with van der Waals surface area (Å²) in [6, 6.07) is 7.02. The highest BCUT2D eigenvalue weighted by Crippen LogP contribution is 2.81. The zero-order chi connectivity index (χ0) is 32.1. The molecule has 10 heteroatoms. The number of benzene rings is 1. The van der Waals surface area contributed by atoms with Crippen LogP contribution >= 0.6 is 0 Å². The third kappa shape index (κ3) is 3.72. The van der Waals surface area contributed by atoms with Crippen LogP contribution in [-0.2, 0) is 28.5 Å². The first kappa shape index (κ1) is 31.5. The number of likely N-dealkylation sites (tertiary alicyclic amines) is 1. The molecule has 1 N–H and O–H groups in total. The molecule has 6 fully saturated rings. The number of hydrogen-bond donors (Lipinski definition) is 1. The number of ketones is 1. The molecule has 0 amide bonds. The first-order valence-electron chi connectivity index (χ1n) is 16.5. The summed E-state index contributed by atoms with van der Waals surface area (Å²) < 4.78 is 37.3. The van der Waals surface area contributed by atoms with Crippen LogP contribution in [0.3, 0.4) is 0 Å². The van der Waals surface area contributed by atoms with Crippen molar-refractivity contribution < 1.29 is 43.1 Å². The molecule has 1 aromatic rings. The van der Waals surface area contributed by atoms with Crippen molar-refractivity contribution in [2.24, 2.45) is 40.4 Å². The Morgan fingerprint density at radius 1 is 0.978 bits per heavy atom. The predicted molar refractivity (Wildman–Crippen MR) is 163 cm³/mol. The van der Waals surface area contributed by atoms with E-state index in [4.69, 9.17) is 28.4 Å². The topological polar surface area (TPSA) is 113 Å². The molecule has 0 aromatic heterocycles. The second kappa shape index (κ2) is 10.7. The third-order valence-electron chi connectivity index (χ3n) is 13.5. The molecule has 248 valence electrons. The van der Waals surface area contributed by atoms with E-state index in [0.29, 0.717) is 30.8 Å². The molecule has 1 aromatic carbocycles. The van der Waals surface area contributed by atoms with Crippen molar-refractivity contribution in [3.63, 3.8) is 0 Å². The molecule has 1 saturated heterocycles. The molecule has 5 saturated carbocycles. The van der Waals surface area contributed by atoms with Gasteiger partial charge in [-0.25, -0.2) is 0 Å². The van der Waals surface area contributed by atoms with Gasteiger partial charge in [0.05, 0.1) is 37.9 Å². The summed E-state index contributed by atoms with van der Waals surface area (Å²) in [4.78, 5) is 30.7. The van der Waals surface area contributed by atoms with Crippen LogP contribution in [0.4, 0.5) is 0 Å². The lowest BCUT2D eigenvalue weighted by Gasteiger charge is -2.69. The molecule has 7 bridgehead atoms. The summed E-state index contributed by atoms with van der Waals surface area (Å²) in [7, 11) is 8.52. The lowest BCUT2D eigenvalue weighted by molar-refractivity contribution is -0.277. The van der Waals surface area contributed by atoms with Gasteiger partial charge in [0.25, 0.3) is 0 Å². The van der Waals surface area contributed by atoms with Crippen molar-refractivity contribution in [2.75, 3.05) is 55.2 Å². The molecule has 1 aliphatic heterocycles. The lowest BCUT2D eigenvalue weighted by Crippen LogP contribution is -2.77. The minimum atomic E-state index is -1.46. The molecule has 13 atom stereocenters. The Hall–Kier alpha value is -2.08. The zero-order valence-corrected chi connectivity index (χ0v) is 27.6. The highest BCUT2D eigenvalue weighted by Gasteiger charge is 2.89. The first-order valence-corrected chi connectivity index (χ1v) is 16.5. The maximum atomic E-state index is 14.8. The van der Waals surface area contributed by atoms with E-state index in [0.717, 1.165) is 25.9 Å². The van der Waals surface area contributed by atoms with Gasteiger partial charge >= 0.3 is 5.97 Å². The number of hydrogen-bond acceptors (Lipinski definition) is 10. The quantitative estimate of drug-likeness (QED) is 0.307. The maximum Gasteiger partial charge on any atom is 0.303 e. The van der Waals surface area contributed by atoms with Crippen LogP contribution in [-0.4, -0.2) is 113 Å². The number of Topliss-reactive ketones (excluding diaryl/α,β-unsaturated/α-hetero) is 1. The van der Waals surface area contributed by atoms with Gasteiger partial charge in [-0.1, -0.05) is 6.92 Å². The summed E-state index contributed by atoms with van der Waals surface area (Å²) in [5.41, 5.74) is -2.76. The first-order chi connectivity index (χ1) is 21.6. The lowest BCUT2D eigenvalue weighted by atomic mass is 9.42. The standard InChI is InChI=1S/C35H49NO9/c1-8-36-17-32(18-40-3)14-13-23(42-5)35-22-15-33(39)24(43-6)16-34(45-19(2)37,27(31(35)36)29(44-7)30(32)35)25(22)26(33)28(38)20-9-11-21(41-4)12-10-20/h9-12,22-27,29-31,39H,8,13-18H2,1-7H3/t22-,23+,24+,25-,26+,27?,29+,30-,31?,32+,33-,34-,35+/m1/s1. The largest absolute Gasteiger partial charge is 0.497 e. The van der Waals surface area contributed by atoms with E-state index < -0.39 is 40.5 Å². The van der Waals surface area contributed by atoms with Gasteiger partial charge in [-0.2, -0.15) is 0 Å². The Morgan fingerprint density at radius 3 is 2.27 bits per heavy atom. The van der Waals surface area contributed by atoms with Crippen LogP contribution in [0.15, 0.2) is 24.3 Å². The molecule has 6 aliphatic rings. The number of aliphatic hydroxyl groups is 1. The Morgan fingerprint density at radius 2 is 1.69 bits per heavy atom. The van der Waals surface area contributed by atoms with Crippen LogP contribution in [0.2, 0.25) is 0 Å². The SMILES string of the molecule is CCN1C[C@]2(COC)CC[C@H](OC)[C@]34C1C([C@H](OC)[C@H]23)[C@@]1(OC(C)=O)C[C@H](OC)[C@]2(O)C[C@@H]4[C@@H]1[C@H]2C(=O)c1ccc(OC)cc1. The third-order valence-corrected chi connectivity index (χ3v) is 13.5.